The largest absolute Gasteiger partial charge is 0.508 e. The highest BCUT2D eigenvalue weighted by atomic mass is 19.1. The number of hydrogen-bond acceptors (Lipinski definition) is 3. The number of carboxylic acids is 1. The fourth-order valence-corrected chi connectivity index (χ4v) is 2.30. The second-order valence-electron chi connectivity index (χ2n) is 5.03. The van der Waals surface area contributed by atoms with Crippen molar-refractivity contribution in [3.05, 3.63) is 29.6 Å². The maximum Gasteiger partial charge on any atom is 0.323 e. The van der Waals surface area contributed by atoms with Gasteiger partial charge in [0.15, 0.2) is 0 Å². The van der Waals surface area contributed by atoms with Gasteiger partial charge in [-0.25, -0.2) is 4.39 Å². The van der Waals surface area contributed by atoms with E-state index in [1.807, 2.05) is 6.92 Å². The number of phenols is 1. The van der Waals surface area contributed by atoms with Gasteiger partial charge in [-0.15, -0.1) is 0 Å². The number of carbonyl (C=O) groups is 1. The van der Waals surface area contributed by atoms with Gasteiger partial charge in [-0.1, -0.05) is 6.92 Å². The first-order valence-corrected chi connectivity index (χ1v) is 6.20. The van der Waals surface area contributed by atoms with E-state index in [2.05, 4.69) is 0 Å². The van der Waals surface area contributed by atoms with E-state index in [9.17, 15) is 19.4 Å². The Balaban J connectivity index is 3.19. The van der Waals surface area contributed by atoms with Crippen LogP contribution in [-0.2, 0) is 4.79 Å². The van der Waals surface area contributed by atoms with Crippen LogP contribution in [0, 0.1) is 5.82 Å². The number of aliphatic carboxylic acids is 1. The van der Waals surface area contributed by atoms with Crippen LogP contribution in [-0.4, -0.2) is 33.2 Å². The van der Waals surface area contributed by atoms with Crippen molar-refractivity contribution >= 4 is 5.97 Å². The van der Waals surface area contributed by atoms with Gasteiger partial charge in [0.05, 0.1) is 0 Å². The number of hydrogen-bond donors (Lipinski definition) is 2. The Labute approximate surface area is 112 Å². The highest BCUT2D eigenvalue weighted by molar-refractivity contribution is 5.77. The third-order valence-corrected chi connectivity index (χ3v) is 3.49. The van der Waals surface area contributed by atoms with Gasteiger partial charge in [0.25, 0.3) is 0 Å². The predicted octanol–water partition coefficient (Wildman–Crippen LogP) is 2.78. The highest BCUT2D eigenvalue weighted by Gasteiger charge is 2.37. The van der Waals surface area contributed by atoms with E-state index >= 15 is 0 Å². The molecule has 1 atom stereocenters. The molecule has 0 aliphatic rings. The van der Waals surface area contributed by atoms with Gasteiger partial charge in [0, 0.05) is 11.6 Å². The van der Waals surface area contributed by atoms with E-state index in [4.69, 9.17) is 0 Å². The molecule has 0 fully saturated rings. The Morgan fingerprint density at radius 2 is 2.05 bits per heavy atom. The van der Waals surface area contributed by atoms with Gasteiger partial charge in [0.1, 0.15) is 17.1 Å². The number of aromatic hydroxyl groups is 1. The number of halogens is 1. The minimum atomic E-state index is -1.10. The van der Waals surface area contributed by atoms with Gasteiger partial charge in [-0.3, -0.25) is 9.69 Å². The highest BCUT2D eigenvalue weighted by Crippen LogP contribution is 2.33. The summed E-state index contributed by atoms with van der Waals surface area (Å²) in [5.41, 5.74) is -0.719. The maximum atomic E-state index is 13.3. The molecule has 19 heavy (non-hydrogen) atoms. The summed E-state index contributed by atoms with van der Waals surface area (Å²) in [4.78, 5) is 13.0. The third kappa shape index (κ3) is 3.04. The molecule has 1 rings (SSSR count). The Morgan fingerprint density at radius 1 is 1.47 bits per heavy atom. The number of carboxylic acid groups (broad SMARTS) is 1. The monoisotopic (exact) mass is 269 g/mol. The molecule has 5 heteroatoms. The van der Waals surface area contributed by atoms with Crippen molar-refractivity contribution in [1.82, 2.24) is 4.90 Å². The SMILES string of the molecule is CCN(C(C)c1cc(F)ccc1O)C(C)(C)C(=O)O. The van der Waals surface area contributed by atoms with Crippen molar-refractivity contribution in [3.8, 4) is 5.75 Å². The molecular weight excluding hydrogens is 249 g/mol. The molecule has 106 valence electrons. The van der Waals surface area contributed by atoms with Crippen molar-refractivity contribution < 1.29 is 19.4 Å². The first kappa shape index (κ1) is 15.4. The average Bonchev–Trinajstić information content (AvgIpc) is 2.32. The molecular formula is C14H20FNO3. The molecule has 0 saturated carbocycles. The number of nitrogens with zero attached hydrogens (tertiary/aromatic N) is 1. The summed E-state index contributed by atoms with van der Waals surface area (Å²) in [5, 5.41) is 19.1. The number of rotatable bonds is 5. The maximum absolute atomic E-state index is 13.3. The molecule has 0 aliphatic heterocycles. The number of likely N-dealkylation sites (N-methyl/N-ethyl adjacent to an activating group) is 1. The standard InChI is InChI=1S/C14H20FNO3/c1-5-16(14(3,4)13(18)19)9(2)11-8-10(15)6-7-12(11)17/h6-9,17H,5H2,1-4H3,(H,18,19). The van der Waals surface area contributed by atoms with Gasteiger partial charge < -0.3 is 10.2 Å². The van der Waals surface area contributed by atoms with Gasteiger partial charge in [-0.05, 0) is 45.5 Å². The Kier molecular flexibility index (Phi) is 4.52. The van der Waals surface area contributed by atoms with Crippen LogP contribution in [0.25, 0.3) is 0 Å². The molecule has 1 unspecified atom stereocenters. The van der Waals surface area contributed by atoms with Crippen LogP contribution in [0.3, 0.4) is 0 Å². The molecule has 0 amide bonds. The molecule has 4 nitrogen and oxygen atoms in total. The van der Waals surface area contributed by atoms with Crippen molar-refractivity contribution in [1.29, 1.82) is 0 Å². The summed E-state index contributed by atoms with van der Waals surface area (Å²) in [6.45, 7) is 7.23. The zero-order valence-corrected chi connectivity index (χ0v) is 11.6. The smallest absolute Gasteiger partial charge is 0.323 e. The molecule has 1 aromatic rings. The van der Waals surface area contributed by atoms with Crippen LogP contribution in [0.15, 0.2) is 18.2 Å². The molecule has 0 heterocycles. The van der Waals surface area contributed by atoms with Crippen LogP contribution < -0.4 is 0 Å². The lowest BCUT2D eigenvalue weighted by Gasteiger charge is -2.39. The Bertz CT molecular complexity index is 474. The Hall–Kier alpha value is -1.62. The fourth-order valence-electron chi connectivity index (χ4n) is 2.30. The van der Waals surface area contributed by atoms with E-state index in [0.29, 0.717) is 12.1 Å². The van der Waals surface area contributed by atoms with E-state index in [0.717, 1.165) is 0 Å². The average molecular weight is 269 g/mol. The van der Waals surface area contributed by atoms with Crippen LogP contribution in [0.1, 0.15) is 39.3 Å². The second-order valence-corrected chi connectivity index (χ2v) is 5.03. The third-order valence-electron chi connectivity index (χ3n) is 3.49. The second kappa shape index (κ2) is 5.57. The van der Waals surface area contributed by atoms with Crippen LogP contribution in [0.4, 0.5) is 4.39 Å². The molecule has 0 radical (unpaired) electrons. The lowest BCUT2D eigenvalue weighted by Crippen LogP contribution is -2.51. The summed E-state index contributed by atoms with van der Waals surface area (Å²) >= 11 is 0. The van der Waals surface area contributed by atoms with Crippen LogP contribution >= 0.6 is 0 Å². The first-order valence-electron chi connectivity index (χ1n) is 6.20. The predicted molar refractivity (Wildman–Crippen MR) is 70.6 cm³/mol. The van der Waals surface area contributed by atoms with Crippen molar-refractivity contribution in [2.45, 2.75) is 39.3 Å². The molecule has 0 bridgehead atoms. The molecule has 2 N–H and O–H groups in total. The van der Waals surface area contributed by atoms with E-state index in [1.165, 1.54) is 18.2 Å². The topological polar surface area (TPSA) is 60.8 Å². The minimum Gasteiger partial charge on any atom is -0.508 e. The normalized spacial score (nSPS) is 13.6. The van der Waals surface area contributed by atoms with Gasteiger partial charge in [0.2, 0.25) is 0 Å². The number of phenolic OH excluding ortho intramolecular Hbond substituents is 1. The van der Waals surface area contributed by atoms with Gasteiger partial charge in [-0.2, -0.15) is 0 Å². The zero-order chi connectivity index (χ0) is 14.8. The van der Waals surface area contributed by atoms with Crippen LogP contribution in [0.2, 0.25) is 0 Å². The van der Waals surface area contributed by atoms with Gasteiger partial charge >= 0.3 is 5.97 Å². The quantitative estimate of drug-likeness (QED) is 0.863. The van der Waals surface area contributed by atoms with E-state index in [-0.39, 0.29) is 5.75 Å². The van der Waals surface area contributed by atoms with Crippen molar-refractivity contribution in [2.24, 2.45) is 0 Å². The molecule has 0 aromatic heterocycles. The fraction of sp³-hybridized carbons (Fsp3) is 0.500. The molecule has 0 aliphatic carbocycles. The summed E-state index contributed by atoms with van der Waals surface area (Å²) in [5.74, 6) is -1.45. The summed E-state index contributed by atoms with van der Waals surface area (Å²) in [6.07, 6.45) is 0. The lowest BCUT2D eigenvalue weighted by molar-refractivity contribution is -0.150. The molecule has 0 saturated heterocycles. The van der Waals surface area contributed by atoms with Crippen molar-refractivity contribution in [3.63, 3.8) is 0 Å². The summed E-state index contributed by atoms with van der Waals surface area (Å²) < 4.78 is 13.3. The summed E-state index contributed by atoms with van der Waals surface area (Å²) in [6, 6.07) is 3.28. The summed E-state index contributed by atoms with van der Waals surface area (Å²) in [7, 11) is 0. The van der Waals surface area contributed by atoms with E-state index < -0.39 is 23.4 Å². The Morgan fingerprint density at radius 3 is 2.53 bits per heavy atom. The van der Waals surface area contributed by atoms with Crippen molar-refractivity contribution in [2.75, 3.05) is 6.54 Å². The molecule has 1 aromatic carbocycles. The zero-order valence-electron chi connectivity index (χ0n) is 11.6. The van der Waals surface area contributed by atoms with Crippen LogP contribution in [0.5, 0.6) is 5.75 Å². The number of benzene rings is 1. The first-order chi connectivity index (χ1) is 8.71. The lowest BCUT2D eigenvalue weighted by atomic mass is 9.96. The molecule has 0 spiro atoms. The minimum absolute atomic E-state index is 0.0338. The van der Waals surface area contributed by atoms with E-state index in [1.54, 1.807) is 25.7 Å².